The summed E-state index contributed by atoms with van der Waals surface area (Å²) in [5.41, 5.74) is -2.50. The maximum absolute atomic E-state index is 14.1. The molecule has 0 radical (unpaired) electrons. The lowest BCUT2D eigenvalue weighted by molar-refractivity contribution is -0.152. The van der Waals surface area contributed by atoms with Gasteiger partial charge in [0, 0.05) is 5.38 Å². The Morgan fingerprint density at radius 3 is 2.87 bits per heavy atom. The van der Waals surface area contributed by atoms with Gasteiger partial charge < -0.3 is 5.11 Å². The predicted octanol–water partition coefficient (Wildman–Crippen LogP) is 3.24. The van der Waals surface area contributed by atoms with E-state index in [0.29, 0.717) is 6.42 Å². The summed E-state index contributed by atoms with van der Waals surface area (Å²) < 4.78 is 14.3. The van der Waals surface area contributed by atoms with Crippen molar-refractivity contribution in [1.29, 1.82) is 0 Å². The summed E-state index contributed by atoms with van der Waals surface area (Å²) >= 11 is 6.59. The van der Waals surface area contributed by atoms with Gasteiger partial charge in [0.15, 0.2) is 4.47 Å². The number of thiazole rings is 1. The van der Waals surface area contributed by atoms with Crippen molar-refractivity contribution in [3.8, 4) is 0 Å². The van der Waals surface area contributed by atoms with Crippen LogP contribution in [0, 0.1) is 0 Å². The molecule has 1 unspecified atom stereocenters. The van der Waals surface area contributed by atoms with Crippen molar-refractivity contribution in [3.63, 3.8) is 0 Å². The Balaban J connectivity index is 2.95. The van der Waals surface area contributed by atoms with Crippen LogP contribution in [0.25, 0.3) is 0 Å². The highest BCUT2D eigenvalue weighted by Gasteiger charge is 2.42. The minimum absolute atomic E-state index is 0.0705. The van der Waals surface area contributed by atoms with E-state index in [2.05, 4.69) is 4.98 Å². The van der Waals surface area contributed by atoms with E-state index in [1.165, 1.54) is 5.38 Å². The average molecular weight is 252 g/mol. The number of carbonyl (C=O) groups is 1. The molecule has 0 aliphatic heterocycles. The second-order valence-corrected chi connectivity index (χ2v) is 4.64. The molecule has 1 heterocycles. The number of alkyl halides is 1. The van der Waals surface area contributed by atoms with Gasteiger partial charge in [-0.3, -0.25) is 0 Å². The molecule has 0 saturated heterocycles. The topological polar surface area (TPSA) is 50.2 Å². The Labute approximate surface area is 95.9 Å². The van der Waals surface area contributed by atoms with E-state index < -0.39 is 11.6 Å². The van der Waals surface area contributed by atoms with Crippen LogP contribution < -0.4 is 0 Å². The van der Waals surface area contributed by atoms with Crippen LogP contribution in [0.3, 0.4) is 0 Å². The molecule has 0 aromatic carbocycles. The van der Waals surface area contributed by atoms with E-state index in [0.717, 1.165) is 17.8 Å². The van der Waals surface area contributed by atoms with Gasteiger partial charge in [-0.1, -0.05) is 24.9 Å². The Morgan fingerprint density at radius 2 is 2.47 bits per heavy atom. The van der Waals surface area contributed by atoms with Crippen LogP contribution >= 0.6 is 22.9 Å². The fourth-order valence-electron chi connectivity index (χ4n) is 1.20. The summed E-state index contributed by atoms with van der Waals surface area (Å²) in [4.78, 5) is 14.6. The monoisotopic (exact) mass is 251 g/mol. The highest BCUT2D eigenvalue weighted by Crippen LogP contribution is 2.33. The van der Waals surface area contributed by atoms with E-state index in [9.17, 15) is 9.18 Å². The second-order valence-electron chi connectivity index (χ2n) is 3.20. The number of aliphatic carboxylic acids is 1. The summed E-state index contributed by atoms with van der Waals surface area (Å²) in [6.07, 6.45) is 1.16. The van der Waals surface area contributed by atoms with Crippen molar-refractivity contribution in [1.82, 2.24) is 4.98 Å². The maximum Gasteiger partial charge on any atom is 0.347 e. The Bertz CT molecular complexity index is 358. The first-order chi connectivity index (χ1) is 7.00. The Hall–Kier alpha value is -0.680. The molecule has 3 nitrogen and oxygen atoms in total. The third kappa shape index (κ3) is 2.66. The Morgan fingerprint density at radius 1 is 1.80 bits per heavy atom. The van der Waals surface area contributed by atoms with Crippen molar-refractivity contribution >= 4 is 28.9 Å². The number of aromatic nitrogens is 1. The van der Waals surface area contributed by atoms with Crippen molar-refractivity contribution in [3.05, 3.63) is 15.5 Å². The van der Waals surface area contributed by atoms with E-state index in [1.807, 2.05) is 6.92 Å². The molecule has 0 aliphatic rings. The average Bonchev–Trinajstić information content (AvgIpc) is 2.61. The first-order valence-corrected chi connectivity index (χ1v) is 5.80. The van der Waals surface area contributed by atoms with Crippen molar-refractivity contribution in [2.24, 2.45) is 0 Å². The maximum atomic E-state index is 14.1. The molecule has 1 aromatic heterocycles. The van der Waals surface area contributed by atoms with Crippen molar-refractivity contribution < 1.29 is 14.3 Å². The molecular weight excluding hydrogens is 241 g/mol. The molecule has 0 amide bonds. The molecule has 0 bridgehead atoms. The van der Waals surface area contributed by atoms with Gasteiger partial charge in [0.2, 0.25) is 5.67 Å². The highest BCUT2D eigenvalue weighted by molar-refractivity contribution is 7.14. The summed E-state index contributed by atoms with van der Waals surface area (Å²) in [7, 11) is 0. The van der Waals surface area contributed by atoms with E-state index in [-0.39, 0.29) is 16.6 Å². The van der Waals surface area contributed by atoms with Gasteiger partial charge in [0.05, 0.1) is 0 Å². The van der Waals surface area contributed by atoms with Gasteiger partial charge >= 0.3 is 5.97 Å². The first kappa shape index (κ1) is 12.4. The number of hydrogen-bond acceptors (Lipinski definition) is 3. The lowest BCUT2D eigenvalue weighted by Gasteiger charge is -2.17. The molecule has 0 fully saturated rings. The summed E-state index contributed by atoms with van der Waals surface area (Å²) in [6.45, 7) is 1.87. The molecular formula is C9H11ClFNO2S. The van der Waals surface area contributed by atoms with Crippen LogP contribution in [0.5, 0.6) is 0 Å². The Kier molecular flexibility index (Phi) is 4.04. The van der Waals surface area contributed by atoms with Gasteiger partial charge in [0.1, 0.15) is 5.69 Å². The van der Waals surface area contributed by atoms with Crippen molar-refractivity contribution in [2.75, 3.05) is 0 Å². The molecule has 84 valence electrons. The van der Waals surface area contributed by atoms with Crippen LogP contribution in [0.4, 0.5) is 4.39 Å². The van der Waals surface area contributed by atoms with Crippen LogP contribution in [0.1, 0.15) is 31.9 Å². The zero-order valence-electron chi connectivity index (χ0n) is 8.17. The van der Waals surface area contributed by atoms with Crippen LogP contribution in [0.2, 0.25) is 4.47 Å². The largest absolute Gasteiger partial charge is 0.479 e. The SMILES string of the molecule is CCCCC(F)(C(=O)O)c1csc(Cl)n1. The number of nitrogens with zero attached hydrogens (tertiary/aromatic N) is 1. The van der Waals surface area contributed by atoms with Gasteiger partial charge in [-0.2, -0.15) is 0 Å². The molecule has 0 aliphatic carbocycles. The highest BCUT2D eigenvalue weighted by atomic mass is 35.5. The van der Waals surface area contributed by atoms with Crippen LogP contribution in [-0.4, -0.2) is 16.1 Å². The molecule has 1 atom stereocenters. The van der Waals surface area contributed by atoms with Gasteiger partial charge in [0.25, 0.3) is 0 Å². The summed E-state index contributed by atoms with van der Waals surface area (Å²) in [6, 6.07) is 0. The summed E-state index contributed by atoms with van der Waals surface area (Å²) in [5, 5.41) is 10.2. The molecule has 6 heteroatoms. The zero-order chi connectivity index (χ0) is 11.5. The summed E-state index contributed by atoms with van der Waals surface area (Å²) in [5.74, 6) is -1.50. The first-order valence-electron chi connectivity index (χ1n) is 4.54. The van der Waals surface area contributed by atoms with Gasteiger partial charge in [-0.15, -0.1) is 11.3 Å². The van der Waals surface area contributed by atoms with Gasteiger partial charge in [-0.05, 0) is 12.8 Å². The third-order valence-corrected chi connectivity index (χ3v) is 3.07. The van der Waals surface area contributed by atoms with Gasteiger partial charge in [-0.25, -0.2) is 14.2 Å². The van der Waals surface area contributed by atoms with Crippen LogP contribution in [-0.2, 0) is 10.5 Å². The number of halogens is 2. The minimum atomic E-state index is -2.40. The number of hydrogen-bond donors (Lipinski definition) is 1. The molecule has 1 N–H and O–H groups in total. The molecule has 0 saturated carbocycles. The standard InChI is InChI=1S/C9H11ClFNO2S/c1-2-3-4-9(11,7(13)14)6-5-15-8(10)12-6/h5H,2-4H2,1H3,(H,13,14). The minimum Gasteiger partial charge on any atom is -0.479 e. The number of rotatable bonds is 5. The lowest BCUT2D eigenvalue weighted by Crippen LogP contribution is -2.31. The lowest BCUT2D eigenvalue weighted by atomic mass is 9.96. The number of carboxylic acids is 1. The molecule has 15 heavy (non-hydrogen) atoms. The van der Waals surface area contributed by atoms with E-state index in [4.69, 9.17) is 16.7 Å². The van der Waals surface area contributed by atoms with Crippen molar-refractivity contribution in [2.45, 2.75) is 31.9 Å². The zero-order valence-corrected chi connectivity index (χ0v) is 9.74. The second kappa shape index (κ2) is 4.90. The van der Waals surface area contributed by atoms with E-state index >= 15 is 0 Å². The fourth-order valence-corrected chi connectivity index (χ4v) is 2.02. The molecule has 0 spiro atoms. The number of unbranched alkanes of at least 4 members (excludes halogenated alkanes) is 1. The number of carboxylic acid groups (broad SMARTS) is 1. The van der Waals surface area contributed by atoms with E-state index in [1.54, 1.807) is 0 Å². The quantitative estimate of drug-likeness (QED) is 0.874. The molecule has 1 rings (SSSR count). The normalized spacial score (nSPS) is 14.9. The third-order valence-electron chi connectivity index (χ3n) is 2.10. The van der Waals surface area contributed by atoms with Crippen LogP contribution in [0.15, 0.2) is 5.38 Å². The molecule has 1 aromatic rings. The fraction of sp³-hybridized carbons (Fsp3) is 0.556. The smallest absolute Gasteiger partial charge is 0.347 e. The predicted molar refractivity (Wildman–Crippen MR) is 57.1 cm³/mol.